The molecule has 2 heterocycles. The first-order chi connectivity index (χ1) is 12.3. The zero-order valence-electron chi connectivity index (χ0n) is 15.4. The van der Waals surface area contributed by atoms with Crippen molar-refractivity contribution < 1.29 is 8.42 Å². The van der Waals surface area contributed by atoms with Gasteiger partial charge in [0.1, 0.15) is 10.6 Å². The molecular formula is C19H23N3O2S2. The van der Waals surface area contributed by atoms with Crippen molar-refractivity contribution >= 4 is 27.0 Å². The van der Waals surface area contributed by atoms with Gasteiger partial charge in [-0.1, -0.05) is 18.2 Å². The van der Waals surface area contributed by atoms with E-state index in [1.807, 2.05) is 69.5 Å². The second-order valence-corrected chi connectivity index (χ2v) is 9.18. The molecule has 2 aromatic heterocycles. The summed E-state index contributed by atoms with van der Waals surface area (Å²) in [6.45, 7) is 8.12. The molecule has 0 saturated heterocycles. The molecule has 0 unspecified atom stereocenters. The molecule has 0 N–H and O–H groups in total. The summed E-state index contributed by atoms with van der Waals surface area (Å²) >= 11 is 1.49. The van der Waals surface area contributed by atoms with Crippen molar-refractivity contribution in [2.24, 2.45) is 0 Å². The fourth-order valence-electron chi connectivity index (χ4n) is 2.81. The van der Waals surface area contributed by atoms with Gasteiger partial charge in [0.2, 0.25) is 0 Å². The van der Waals surface area contributed by atoms with Crippen LogP contribution in [0.1, 0.15) is 32.4 Å². The van der Waals surface area contributed by atoms with Gasteiger partial charge in [0, 0.05) is 18.8 Å². The second-order valence-electron chi connectivity index (χ2n) is 6.40. The number of aromatic nitrogens is 2. The lowest BCUT2D eigenvalue weighted by atomic mass is 10.2. The van der Waals surface area contributed by atoms with E-state index >= 15 is 0 Å². The van der Waals surface area contributed by atoms with Crippen molar-refractivity contribution in [2.45, 2.75) is 38.6 Å². The zero-order chi connectivity index (χ0) is 18.9. The van der Waals surface area contributed by atoms with Gasteiger partial charge >= 0.3 is 0 Å². The minimum absolute atomic E-state index is 0.0757. The summed E-state index contributed by atoms with van der Waals surface area (Å²) in [4.78, 5) is 1.10. The molecular weight excluding hydrogens is 366 g/mol. The molecule has 5 nitrogen and oxygen atoms in total. The third-order valence-electron chi connectivity index (χ3n) is 4.13. The Morgan fingerprint density at radius 2 is 2.00 bits per heavy atom. The maximum Gasteiger partial charge on any atom is 0.268 e. The molecule has 1 aromatic carbocycles. The lowest BCUT2D eigenvalue weighted by molar-refractivity contribution is 0.532. The predicted octanol–water partition coefficient (Wildman–Crippen LogP) is 4.72. The Morgan fingerprint density at radius 1 is 1.23 bits per heavy atom. The Bertz CT molecular complexity index is 990. The molecule has 0 aliphatic rings. The van der Waals surface area contributed by atoms with Crippen molar-refractivity contribution in [1.29, 1.82) is 0 Å². The van der Waals surface area contributed by atoms with Gasteiger partial charge in [-0.3, -0.25) is 8.99 Å². The van der Waals surface area contributed by atoms with Crippen molar-refractivity contribution in [1.82, 2.24) is 9.78 Å². The average Bonchev–Trinajstić information content (AvgIpc) is 3.25. The van der Waals surface area contributed by atoms with E-state index in [1.54, 1.807) is 10.9 Å². The highest BCUT2D eigenvalue weighted by Crippen LogP contribution is 2.34. The van der Waals surface area contributed by atoms with E-state index in [1.165, 1.54) is 15.6 Å². The van der Waals surface area contributed by atoms with Crippen LogP contribution in [-0.4, -0.2) is 24.7 Å². The highest BCUT2D eigenvalue weighted by atomic mass is 32.2. The summed E-state index contributed by atoms with van der Waals surface area (Å²) in [5, 5.41) is 6.50. The fourth-order valence-corrected chi connectivity index (χ4v) is 5.20. The van der Waals surface area contributed by atoms with Crippen LogP contribution in [0, 0.1) is 6.92 Å². The number of nitrogens with zero attached hydrogens (tertiary/aromatic N) is 3. The lowest BCUT2D eigenvalue weighted by Gasteiger charge is -2.23. The maximum absolute atomic E-state index is 13.5. The zero-order valence-corrected chi connectivity index (χ0v) is 17.0. The number of thiophene rings is 1. The van der Waals surface area contributed by atoms with Crippen LogP contribution in [0.5, 0.6) is 0 Å². The Hall–Kier alpha value is -2.12. The second kappa shape index (κ2) is 7.25. The number of aryl methyl sites for hydroxylation is 1. The highest BCUT2D eigenvalue weighted by Gasteiger charge is 2.30. The topological polar surface area (TPSA) is 55.2 Å². The van der Waals surface area contributed by atoms with E-state index in [0.717, 1.165) is 10.4 Å². The quantitative estimate of drug-likeness (QED) is 0.613. The predicted molar refractivity (Wildman–Crippen MR) is 107 cm³/mol. The first kappa shape index (κ1) is 18.7. The van der Waals surface area contributed by atoms with E-state index < -0.39 is 10.0 Å². The number of anilines is 1. The number of hydrogen-bond donors (Lipinski definition) is 0. The minimum atomic E-state index is -3.73. The third kappa shape index (κ3) is 3.41. The molecule has 0 atom stereocenters. The summed E-state index contributed by atoms with van der Waals surface area (Å²) < 4.78 is 30.2. The van der Waals surface area contributed by atoms with Crippen LogP contribution in [0.25, 0.3) is 10.6 Å². The summed E-state index contributed by atoms with van der Waals surface area (Å²) in [7, 11) is -3.73. The first-order valence-electron chi connectivity index (χ1n) is 8.57. The molecule has 0 spiro atoms. The van der Waals surface area contributed by atoms with Crippen LogP contribution < -0.4 is 4.31 Å². The molecule has 0 radical (unpaired) electrons. The molecule has 3 aromatic rings. The van der Waals surface area contributed by atoms with Gasteiger partial charge in [0.05, 0.1) is 10.6 Å². The maximum atomic E-state index is 13.5. The van der Waals surface area contributed by atoms with Gasteiger partial charge in [-0.05, 0) is 56.8 Å². The molecule has 0 saturated carbocycles. The van der Waals surface area contributed by atoms with E-state index in [0.29, 0.717) is 17.9 Å². The first-order valence-corrected chi connectivity index (χ1v) is 10.9. The summed E-state index contributed by atoms with van der Waals surface area (Å²) in [6.07, 6.45) is 1.65. The van der Waals surface area contributed by atoms with Gasteiger partial charge in [-0.2, -0.15) is 5.10 Å². The van der Waals surface area contributed by atoms with Crippen LogP contribution in [0.15, 0.2) is 52.9 Å². The average molecular weight is 390 g/mol. The Morgan fingerprint density at radius 3 is 2.58 bits per heavy atom. The molecule has 0 aliphatic heterocycles. The number of hydrogen-bond acceptors (Lipinski definition) is 4. The Kier molecular flexibility index (Phi) is 5.20. The van der Waals surface area contributed by atoms with Crippen molar-refractivity contribution in [3.63, 3.8) is 0 Å². The van der Waals surface area contributed by atoms with Crippen molar-refractivity contribution in [3.05, 3.63) is 53.5 Å². The minimum Gasteiger partial charge on any atom is -0.268 e. The van der Waals surface area contributed by atoms with Gasteiger partial charge in [-0.25, -0.2) is 8.42 Å². The molecule has 7 heteroatoms. The van der Waals surface area contributed by atoms with Gasteiger partial charge in [-0.15, -0.1) is 11.3 Å². The van der Waals surface area contributed by atoms with E-state index in [2.05, 4.69) is 5.10 Å². The molecule has 0 bridgehead atoms. The van der Waals surface area contributed by atoms with Gasteiger partial charge in [0.15, 0.2) is 0 Å². The van der Waals surface area contributed by atoms with Crippen LogP contribution in [0.2, 0.25) is 0 Å². The smallest absolute Gasteiger partial charge is 0.268 e. The van der Waals surface area contributed by atoms with Crippen LogP contribution >= 0.6 is 11.3 Å². The highest BCUT2D eigenvalue weighted by molar-refractivity contribution is 7.93. The van der Waals surface area contributed by atoms with Crippen LogP contribution in [0.3, 0.4) is 0 Å². The lowest BCUT2D eigenvalue weighted by Crippen LogP contribution is -2.31. The van der Waals surface area contributed by atoms with Crippen molar-refractivity contribution in [3.8, 4) is 10.6 Å². The van der Waals surface area contributed by atoms with E-state index in [4.69, 9.17) is 0 Å². The Balaban J connectivity index is 2.17. The molecule has 26 heavy (non-hydrogen) atoms. The van der Waals surface area contributed by atoms with Crippen LogP contribution in [0.4, 0.5) is 5.69 Å². The molecule has 3 rings (SSSR count). The molecule has 0 aliphatic carbocycles. The number of benzene rings is 1. The number of sulfonamides is 1. The molecule has 0 amide bonds. The number of rotatable bonds is 6. The van der Waals surface area contributed by atoms with Gasteiger partial charge in [0.25, 0.3) is 10.0 Å². The van der Waals surface area contributed by atoms with E-state index in [-0.39, 0.29) is 10.9 Å². The fraction of sp³-hybridized carbons (Fsp3) is 0.316. The summed E-state index contributed by atoms with van der Waals surface area (Å²) in [6, 6.07) is 11.4. The normalized spacial score (nSPS) is 11.9. The Labute approximate surface area is 159 Å². The SMILES string of the molecule is CCN(c1cccc(C)c1)S(=O)(=O)c1cn(C(C)C)nc1-c1cccs1. The monoisotopic (exact) mass is 389 g/mol. The van der Waals surface area contributed by atoms with Crippen LogP contribution in [-0.2, 0) is 10.0 Å². The van der Waals surface area contributed by atoms with Crippen molar-refractivity contribution in [2.75, 3.05) is 10.8 Å². The largest absolute Gasteiger partial charge is 0.268 e. The summed E-state index contributed by atoms with van der Waals surface area (Å²) in [5.41, 5.74) is 2.20. The third-order valence-corrected chi connectivity index (χ3v) is 6.91. The molecule has 138 valence electrons. The van der Waals surface area contributed by atoms with E-state index in [9.17, 15) is 8.42 Å². The molecule has 0 fully saturated rings. The van der Waals surface area contributed by atoms with Gasteiger partial charge < -0.3 is 0 Å². The standard InChI is InChI=1S/C19H23N3O2S2/c1-5-22(16-9-6-8-15(4)12-16)26(23,24)18-13-21(14(2)3)20-19(18)17-10-7-11-25-17/h6-14H,5H2,1-4H3. The summed E-state index contributed by atoms with van der Waals surface area (Å²) in [5.74, 6) is 0.